The van der Waals surface area contributed by atoms with Gasteiger partial charge in [0.1, 0.15) is 0 Å². The number of carboxylic acid groups (broad SMARTS) is 1. The van der Waals surface area contributed by atoms with E-state index >= 15 is 0 Å². The van der Waals surface area contributed by atoms with E-state index in [1.807, 2.05) is 39.0 Å². The number of H-pyrrole nitrogens is 2. The first-order chi connectivity index (χ1) is 22.9. The normalized spacial score (nSPS) is 15.8. The van der Waals surface area contributed by atoms with Gasteiger partial charge in [-0.1, -0.05) is 26.5 Å². The van der Waals surface area contributed by atoms with E-state index in [0.29, 0.717) is 42.0 Å². The Kier molecular flexibility index (Phi) is 10.0. The molecule has 0 aromatic carbocycles. The Morgan fingerprint density at radius 2 is 1.56 bits per heavy atom. The zero-order valence-electron chi connectivity index (χ0n) is 29.0. The number of amides is 2. The minimum Gasteiger partial charge on any atom is -0.478 e. The zero-order chi connectivity index (χ0) is 34.9. The van der Waals surface area contributed by atoms with Gasteiger partial charge in [0.2, 0.25) is 11.8 Å². The number of aliphatic carboxylic acids is 1. The van der Waals surface area contributed by atoms with Crippen molar-refractivity contribution in [3.05, 3.63) is 75.4 Å². The molecule has 2 amide bonds. The molecule has 0 saturated heterocycles. The van der Waals surface area contributed by atoms with Crippen LogP contribution in [0.5, 0.6) is 0 Å². The molecule has 0 saturated carbocycles. The first-order valence-electron chi connectivity index (χ1n) is 16.8. The number of carbonyl (C=O) groups excluding carboxylic acids is 2. The second-order valence-corrected chi connectivity index (χ2v) is 12.6. The lowest BCUT2D eigenvalue weighted by Gasteiger charge is -2.18. The van der Waals surface area contributed by atoms with Crippen molar-refractivity contribution in [2.45, 2.75) is 86.0 Å². The molecule has 0 radical (unpaired) electrons. The lowest BCUT2D eigenvalue weighted by atomic mass is 9.84. The highest BCUT2D eigenvalue weighted by Crippen LogP contribution is 2.43. The number of nitrogens with zero attached hydrogens (tertiary/aromatic N) is 2. The Morgan fingerprint density at radius 3 is 2.21 bits per heavy atom. The standard InChI is InChI=1S/C38H46N6O4/c1-9-23-19(5)27-16-29-21(7)25(13-14-33(45)39-11-3)36(43-29)26(15-34(46)40-12-4)37-35(38(47)48)22(8)30(44-37)18-32-24(10-2)20(6)28(42-32)17-31(23)41-27/h9,16-18,21,25,41-42H,1,10-15H2,2-8H3,(H,39,45)(H,40,46)(H,47,48). The molecule has 3 aromatic rings. The Bertz CT molecular complexity index is 2010. The molecule has 2 unspecified atom stereocenters. The molecule has 252 valence electrons. The van der Waals surface area contributed by atoms with E-state index in [4.69, 9.17) is 9.97 Å². The van der Waals surface area contributed by atoms with Gasteiger partial charge in [0.25, 0.3) is 0 Å². The van der Waals surface area contributed by atoms with Gasteiger partial charge >= 0.3 is 5.97 Å². The molecule has 8 bridgehead atoms. The van der Waals surface area contributed by atoms with E-state index in [1.54, 1.807) is 6.92 Å². The third-order valence-electron chi connectivity index (χ3n) is 9.71. The molecule has 10 heteroatoms. The van der Waals surface area contributed by atoms with Gasteiger partial charge in [-0.25, -0.2) is 9.78 Å². The van der Waals surface area contributed by atoms with Crippen LogP contribution in [0, 0.1) is 13.8 Å². The number of hydrogen-bond acceptors (Lipinski definition) is 5. The van der Waals surface area contributed by atoms with Gasteiger partial charge in [-0.2, -0.15) is 0 Å². The number of aromatic amines is 2. The van der Waals surface area contributed by atoms with Crippen LogP contribution in [-0.4, -0.2) is 55.9 Å². The number of allylic oxidation sites excluding steroid dienone is 1. The van der Waals surface area contributed by atoms with Crippen LogP contribution in [0.25, 0.3) is 39.3 Å². The lowest BCUT2D eigenvalue weighted by molar-refractivity contribution is -0.130. The van der Waals surface area contributed by atoms with Crippen LogP contribution in [0.3, 0.4) is 0 Å². The number of likely N-dealkylation sites (N-methyl/N-ethyl adjacent to an activating group) is 1. The van der Waals surface area contributed by atoms with Crippen LogP contribution in [0.1, 0.15) is 110 Å². The summed E-state index contributed by atoms with van der Waals surface area (Å²) in [4.78, 5) is 56.2. The smallest absolute Gasteiger partial charge is 0.338 e. The fourth-order valence-corrected chi connectivity index (χ4v) is 7.09. The van der Waals surface area contributed by atoms with Gasteiger partial charge in [-0.05, 0) is 87.9 Å². The molecule has 0 spiro atoms. The molecule has 0 aliphatic carbocycles. The third-order valence-corrected chi connectivity index (χ3v) is 9.71. The van der Waals surface area contributed by atoms with E-state index in [-0.39, 0.29) is 47.8 Å². The molecule has 2 aliphatic heterocycles. The minimum absolute atomic E-state index is 0.0493. The molecule has 2 aliphatic rings. The first-order valence-corrected chi connectivity index (χ1v) is 16.8. The zero-order valence-corrected chi connectivity index (χ0v) is 29.0. The minimum atomic E-state index is -1.12. The number of carbonyl (C=O) groups is 3. The molecule has 0 fully saturated rings. The van der Waals surface area contributed by atoms with E-state index in [0.717, 1.165) is 56.4 Å². The van der Waals surface area contributed by atoms with Crippen LogP contribution < -0.4 is 10.6 Å². The summed E-state index contributed by atoms with van der Waals surface area (Å²) < 4.78 is 0. The number of hydrogen-bond donors (Lipinski definition) is 5. The predicted molar refractivity (Wildman–Crippen MR) is 192 cm³/mol. The lowest BCUT2D eigenvalue weighted by Crippen LogP contribution is -2.26. The summed E-state index contributed by atoms with van der Waals surface area (Å²) in [7, 11) is 0. The summed E-state index contributed by atoms with van der Waals surface area (Å²) in [5.41, 5.74) is 10.9. The summed E-state index contributed by atoms with van der Waals surface area (Å²) in [6, 6.07) is 6.02. The van der Waals surface area contributed by atoms with Crippen molar-refractivity contribution in [3.63, 3.8) is 0 Å². The molecular weight excluding hydrogens is 604 g/mol. The van der Waals surface area contributed by atoms with E-state index in [9.17, 15) is 19.5 Å². The van der Waals surface area contributed by atoms with Crippen molar-refractivity contribution >= 4 is 57.1 Å². The van der Waals surface area contributed by atoms with Crippen molar-refractivity contribution in [2.24, 2.45) is 0 Å². The summed E-state index contributed by atoms with van der Waals surface area (Å²) in [5.74, 6) is -1.84. The summed E-state index contributed by atoms with van der Waals surface area (Å²) in [6.07, 6.45) is 3.23. The Balaban J connectivity index is 1.98. The fourth-order valence-electron chi connectivity index (χ4n) is 7.09. The SMILES string of the molecule is C=Cc1c(C)c2cc3nc(c(CC(=O)NCC)c4nc(cc5[nH]c(cc1[nH]2)c(C)c5CC)C(C)=C4C(=O)O)C(CCC(=O)NCC)C3C. The van der Waals surface area contributed by atoms with Gasteiger partial charge in [0.15, 0.2) is 0 Å². The maximum atomic E-state index is 13.3. The number of aryl methyl sites for hydroxylation is 3. The van der Waals surface area contributed by atoms with Crippen LogP contribution in [0.2, 0.25) is 0 Å². The maximum absolute atomic E-state index is 13.3. The quantitative estimate of drug-likeness (QED) is 0.166. The number of fused-ring (bicyclic) bond motifs is 8. The van der Waals surface area contributed by atoms with Crippen molar-refractivity contribution in [3.8, 4) is 0 Å². The van der Waals surface area contributed by atoms with E-state index < -0.39 is 5.97 Å². The van der Waals surface area contributed by atoms with Gasteiger partial charge < -0.3 is 25.7 Å². The molecule has 5 rings (SSSR count). The highest BCUT2D eigenvalue weighted by molar-refractivity contribution is 6.24. The summed E-state index contributed by atoms with van der Waals surface area (Å²) in [5, 5.41) is 16.3. The average molecular weight is 651 g/mol. The topological polar surface area (TPSA) is 153 Å². The molecule has 5 heterocycles. The number of aromatic nitrogens is 4. The monoisotopic (exact) mass is 650 g/mol. The predicted octanol–water partition coefficient (Wildman–Crippen LogP) is 6.63. The molecule has 2 atom stereocenters. The van der Waals surface area contributed by atoms with Crippen molar-refractivity contribution in [1.82, 2.24) is 30.6 Å². The van der Waals surface area contributed by atoms with Crippen LogP contribution in [-0.2, 0) is 27.2 Å². The van der Waals surface area contributed by atoms with Crippen LogP contribution in [0.15, 0.2) is 24.8 Å². The molecule has 5 N–H and O–H groups in total. The molecule has 3 aromatic heterocycles. The number of carboxylic acids is 1. The first kappa shape index (κ1) is 34.3. The Morgan fingerprint density at radius 1 is 0.896 bits per heavy atom. The van der Waals surface area contributed by atoms with Crippen LogP contribution >= 0.6 is 0 Å². The number of nitrogens with one attached hydrogen (secondary N) is 4. The molecule has 48 heavy (non-hydrogen) atoms. The third kappa shape index (κ3) is 6.31. The fraction of sp³-hybridized carbons (Fsp3) is 0.395. The van der Waals surface area contributed by atoms with E-state index in [2.05, 4.69) is 54.0 Å². The second kappa shape index (κ2) is 14.0. The molecular formula is C38H46N6O4. The average Bonchev–Trinajstić information content (AvgIpc) is 3.72. The summed E-state index contributed by atoms with van der Waals surface area (Å²) in [6.45, 7) is 18.8. The second-order valence-electron chi connectivity index (χ2n) is 12.6. The Hall–Kier alpha value is -4.99. The van der Waals surface area contributed by atoms with Crippen molar-refractivity contribution in [2.75, 3.05) is 13.1 Å². The van der Waals surface area contributed by atoms with Gasteiger partial charge in [-0.15, -0.1) is 0 Å². The van der Waals surface area contributed by atoms with Gasteiger partial charge in [-0.3, -0.25) is 14.6 Å². The van der Waals surface area contributed by atoms with Gasteiger partial charge in [0.05, 0.1) is 29.1 Å². The highest BCUT2D eigenvalue weighted by atomic mass is 16.4. The van der Waals surface area contributed by atoms with Gasteiger partial charge in [0, 0.05) is 70.2 Å². The van der Waals surface area contributed by atoms with Crippen molar-refractivity contribution in [1.29, 1.82) is 0 Å². The summed E-state index contributed by atoms with van der Waals surface area (Å²) >= 11 is 0. The van der Waals surface area contributed by atoms with Crippen LogP contribution in [0.4, 0.5) is 0 Å². The molecule has 10 nitrogen and oxygen atoms in total. The van der Waals surface area contributed by atoms with Crippen molar-refractivity contribution < 1.29 is 19.5 Å². The Labute approximate surface area is 281 Å². The number of rotatable bonds is 10. The highest BCUT2D eigenvalue weighted by Gasteiger charge is 2.35. The maximum Gasteiger partial charge on any atom is 0.338 e. The van der Waals surface area contributed by atoms with E-state index in [1.165, 1.54) is 0 Å². The largest absolute Gasteiger partial charge is 0.478 e.